The molecule has 1 fully saturated rings. The van der Waals surface area contributed by atoms with Crippen LogP contribution in [-0.4, -0.2) is 42.8 Å². The molecule has 0 aromatic heterocycles. The average Bonchev–Trinajstić information content (AvgIpc) is 3.54. The SMILES string of the molecule is CC(C)CC(CNC(=O)[C@@H]1C[C@@H]1CNC(=O)OCC1c2ccccc2-c2ccccc21)CC(=O)O. The van der Waals surface area contributed by atoms with Crippen LogP contribution in [0.15, 0.2) is 48.5 Å². The molecule has 2 aromatic carbocycles. The van der Waals surface area contributed by atoms with E-state index in [2.05, 4.69) is 34.9 Å². The first-order valence-corrected chi connectivity index (χ1v) is 12.4. The molecule has 7 nitrogen and oxygen atoms in total. The number of hydrogen-bond donors (Lipinski definition) is 3. The van der Waals surface area contributed by atoms with Gasteiger partial charge in [-0.05, 0) is 52.8 Å². The third-order valence-corrected chi connectivity index (χ3v) is 6.94. The minimum absolute atomic E-state index is 0.0113. The minimum atomic E-state index is -0.846. The minimum Gasteiger partial charge on any atom is -0.481 e. The summed E-state index contributed by atoms with van der Waals surface area (Å²) in [5, 5.41) is 14.8. The van der Waals surface area contributed by atoms with Crippen molar-refractivity contribution in [3.05, 3.63) is 59.7 Å². The highest BCUT2D eigenvalue weighted by molar-refractivity contribution is 5.82. The molecule has 0 heterocycles. The van der Waals surface area contributed by atoms with Gasteiger partial charge in [0.2, 0.25) is 5.91 Å². The molecule has 35 heavy (non-hydrogen) atoms. The third-order valence-electron chi connectivity index (χ3n) is 6.94. The Kier molecular flexibility index (Phi) is 7.73. The smallest absolute Gasteiger partial charge is 0.407 e. The molecule has 0 spiro atoms. The van der Waals surface area contributed by atoms with E-state index < -0.39 is 12.1 Å². The average molecular weight is 479 g/mol. The van der Waals surface area contributed by atoms with Gasteiger partial charge in [-0.25, -0.2) is 4.79 Å². The van der Waals surface area contributed by atoms with E-state index in [1.807, 2.05) is 38.1 Å². The van der Waals surface area contributed by atoms with Crippen molar-refractivity contribution in [2.75, 3.05) is 19.7 Å². The number of carboxylic acid groups (broad SMARTS) is 1. The van der Waals surface area contributed by atoms with Crippen LogP contribution in [-0.2, 0) is 14.3 Å². The molecule has 0 radical (unpaired) electrons. The maximum atomic E-state index is 12.5. The van der Waals surface area contributed by atoms with Crippen molar-refractivity contribution in [2.24, 2.45) is 23.7 Å². The summed E-state index contributed by atoms with van der Waals surface area (Å²) < 4.78 is 5.56. The second kappa shape index (κ2) is 10.9. The summed E-state index contributed by atoms with van der Waals surface area (Å²) in [7, 11) is 0. The first-order valence-electron chi connectivity index (χ1n) is 12.4. The monoisotopic (exact) mass is 478 g/mol. The molecule has 0 bridgehead atoms. The number of hydrogen-bond acceptors (Lipinski definition) is 4. The Morgan fingerprint density at radius 1 is 1.00 bits per heavy atom. The van der Waals surface area contributed by atoms with E-state index in [1.54, 1.807) is 0 Å². The summed E-state index contributed by atoms with van der Waals surface area (Å²) >= 11 is 0. The van der Waals surface area contributed by atoms with Crippen LogP contribution in [0.5, 0.6) is 0 Å². The van der Waals surface area contributed by atoms with Gasteiger partial charge in [0.1, 0.15) is 6.61 Å². The van der Waals surface area contributed by atoms with Crippen LogP contribution in [0.25, 0.3) is 11.1 Å². The lowest BCUT2D eigenvalue weighted by Gasteiger charge is -2.18. The Labute approximate surface area is 206 Å². The van der Waals surface area contributed by atoms with Crippen LogP contribution in [0.3, 0.4) is 0 Å². The summed E-state index contributed by atoms with van der Waals surface area (Å²) in [5.41, 5.74) is 4.70. The molecule has 3 N–H and O–H groups in total. The highest BCUT2D eigenvalue weighted by Gasteiger charge is 2.43. The summed E-state index contributed by atoms with van der Waals surface area (Å²) in [5.74, 6) is -0.673. The fourth-order valence-corrected chi connectivity index (χ4v) is 5.19. The van der Waals surface area contributed by atoms with Gasteiger partial charge >= 0.3 is 12.1 Å². The number of amides is 2. The summed E-state index contributed by atoms with van der Waals surface area (Å²) in [4.78, 5) is 35.9. The quantitative estimate of drug-likeness (QED) is 0.444. The first-order chi connectivity index (χ1) is 16.8. The van der Waals surface area contributed by atoms with Crippen molar-refractivity contribution < 1.29 is 24.2 Å². The Bertz CT molecular complexity index is 1040. The zero-order chi connectivity index (χ0) is 24.9. The Morgan fingerprint density at radius 3 is 2.23 bits per heavy atom. The lowest BCUT2D eigenvalue weighted by atomic mass is 9.94. The van der Waals surface area contributed by atoms with Crippen LogP contribution in [0.4, 0.5) is 4.79 Å². The largest absolute Gasteiger partial charge is 0.481 e. The zero-order valence-electron chi connectivity index (χ0n) is 20.3. The van der Waals surface area contributed by atoms with E-state index in [-0.39, 0.29) is 42.6 Å². The number of aliphatic carboxylic acids is 1. The molecule has 1 unspecified atom stereocenters. The standard InChI is InChI=1S/C28H34N2O5/c1-17(2)11-18(12-26(31)32)14-29-27(33)24-13-19(24)15-30-28(34)35-16-25-22-9-5-3-7-20(22)21-8-4-6-10-23(21)25/h3-10,17-19,24-25H,11-16H2,1-2H3,(H,29,33)(H,30,34)(H,31,32)/t18?,19-,24-/m1/s1. The zero-order valence-corrected chi connectivity index (χ0v) is 20.3. The van der Waals surface area contributed by atoms with E-state index in [4.69, 9.17) is 9.84 Å². The number of rotatable bonds is 11. The molecule has 0 saturated heterocycles. The molecule has 7 heteroatoms. The molecule has 1 saturated carbocycles. The van der Waals surface area contributed by atoms with Crippen molar-refractivity contribution >= 4 is 18.0 Å². The van der Waals surface area contributed by atoms with Gasteiger partial charge in [-0.15, -0.1) is 0 Å². The molecule has 186 valence electrons. The topological polar surface area (TPSA) is 105 Å². The molecule has 4 rings (SSSR count). The Morgan fingerprint density at radius 2 is 1.63 bits per heavy atom. The number of carbonyl (C=O) groups excluding carboxylic acids is 2. The number of fused-ring (bicyclic) bond motifs is 3. The van der Waals surface area contributed by atoms with Crippen molar-refractivity contribution in [1.82, 2.24) is 10.6 Å². The fraction of sp³-hybridized carbons (Fsp3) is 0.464. The van der Waals surface area contributed by atoms with E-state index in [9.17, 15) is 14.4 Å². The summed E-state index contributed by atoms with van der Waals surface area (Å²) in [6.07, 6.45) is 1.04. The molecule has 0 aliphatic heterocycles. The Hall–Kier alpha value is -3.35. The van der Waals surface area contributed by atoms with Crippen molar-refractivity contribution in [1.29, 1.82) is 0 Å². The molecular formula is C28H34N2O5. The van der Waals surface area contributed by atoms with Crippen LogP contribution < -0.4 is 10.6 Å². The predicted octanol–water partition coefficient (Wildman–Crippen LogP) is 4.41. The number of alkyl carbamates (subject to hydrolysis) is 1. The molecule has 2 amide bonds. The number of nitrogens with one attached hydrogen (secondary N) is 2. The van der Waals surface area contributed by atoms with Crippen LogP contribution >= 0.6 is 0 Å². The number of ether oxygens (including phenoxy) is 1. The maximum absolute atomic E-state index is 12.5. The number of carboxylic acids is 1. The van der Waals surface area contributed by atoms with Gasteiger partial charge in [0.25, 0.3) is 0 Å². The highest BCUT2D eigenvalue weighted by Crippen LogP contribution is 2.44. The van der Waals surface area contributed by atoms with E-state index in [1.165, 1.54) is 22.3 Å². The Balaban J connectivity index is 1.20. The second-order valence-corrected chi connectivity index (χ2v) is 10.1. The van der Waals surface area contributed by atoms with Gasteiger partial charge in [-0.2, -0.15) is 0 Å². The summed E-state index contributed by atoms with van der Waals surface area (Å²) in [6, 6.07) is 16.4. The number of benzene rings is 2. The maximum Gasteiger partial charge on any atom is 0.407 e. The molecule has 3 atom stereocenters. The van der Waals surface area contributed by atoms with Gasteiger partial charge in [0.15, 0.2) is 0 Å². The predicted molar refractivity (Wildman–Crippen MR) is 133 cm³/mol. The van der Waals surface area contributed by atoms with Gasteiger partial charge in [0, 0.05) is 31.3 Å². The van der Waals surface area contributed by atoms with E-state index in [0.29, 0.717) is 25.4 Å². The second-order valence-electron chi connectivity index (χ2n) is 10.1. The van der Waals surface area contributed by atoms with Crippen molar-refractivity contribution in [3.63, 3.8) is 0 Å². The van der Waals surface area contributed by atoms with Crippen molar-refractivity contribution in [3.8, 4) is 11.1 Å². The van der Waals surface area contributed by atoms with Crippen LogP contribution in [0.2, 0.25) is 0 Å². The van der Waals surface area contributed by atoms with E-state index >= 15 is 0 Å². The van der Waals surface area contributed by atoms with Gasteiger partial charge in [-0.3, -0.25) is 9.59 Å². The van der Waals surface area contributed by atoms with Crippen molar-refractivity contribution in [2.45, 2.75) is 39.0 Å². The summed E-state index contributed by atoms with van der Waals surface area (Å²) in [6.45, 7) is 5.10. The highest BCUT2D eigenvalue weighted by atomic mass is 16.5. The fourth-order valence-electron chi connectivity index (χ4n) is 5.19. The third kappa shape index (κ3) is 6.21. The number of carbonyl (C=O) groups is 3. The van der Waals surface area contributed by atoms with Gasteiger partial charge in [-0.1, -0.05) is 62.4 Å². The molecule has 2 aromatic rings. The van der Waals surface area contributed by atoms with Gasteiger partial charge in [0.05, 0.1) is 0 Å². The van der Waals surface area contributed by atoms with E-state index in [0.717, 1.165) is 6.42 Å². The molecule has 2 aliphatic rings. The normalized spacial score (nSPS) is 18.9. The lowest BCUT2D eigenvalue weighted by Crippen LogP contribution is -2.33. The molecular weight excluding hydrogens is 444 g/mol. The van der Waals surface area contributed by atoms with Crippen LogP contribution in [0, 0.1) is 23.7 Å². The van der Waals surface area contributed by atoms with Gasteiger partial charge < -0.3 is 20.5 Å². The first kappa shape index (κ1) is 24.8. The van der Waals surface area contributed by atoms with Crippen LogP contribution in [0.1, 0.15) is 50.2 Å². The lowest BCUT2D eigenvalue weighted by molar-refractivity contribution is -0.138. The molecule has 2 aliphatic carbocycles.